The van der Waals surface area contributed by atoms with Crippen LogP contribution in [0.2, 0.25) is 0 Å². The first-order valence-electron chi connectivity index (χ1n) is 12.0. The van der Waals surface area contributed by atoms with E-state index in [2.05, 4.69) is 15.3 Å². The van der Waals surface area contributed by atoms with E-state index in [0.29, 0.717) is 48.9 Å². The van der Waals surface area contributed by atoms with Crippen molar-refractivity contribution in [2.24, 2.45) is 0 Å². The zero-order valence-electron chi connectivity index (χ0n) is 20.9. The number of nitrogens with one attached hydrogen (secondary N) is 1. The van der Waals surface area contributed by atoms with Crippen LogP contribution in [0.25, 0.3) is 11.1 Å². The van der Waals surface area contributed by atoms with Crippen LogP contribution in [0.4, 0.5) is 16.4 Å². The largest absolute Gasteiger partial charge is 0.457 e. The average Bonchev–Trinajstić information content (AvgIpc) is 2.84. The second-order valence-electron chi connectivity index (χ2n) is 9.97. The first-order valence-corrected chi connectivity index (χ1v) is 12.0. The molecule has 2 heterocycles. The molecule has 0 atom stereocenters. The number of nitrogen functional groups attached to an aromatic ring is 1. The monoisotopic (exact) mass is 491 g/mol. The van der Waals surface area contributed by atoms with Gasteiger partial charge in [-0.2, -0.15) is 0 Å². The molecule has 9 heteroatoms. The van der Waals surface area contributed by atoms with Crippen LogP contribution in [0.3, 0.4) is 0 Å². The molecule has 1 fully saturated rings. The summed E-state index contributed by atoms with van der Waals surface area (Å²) in [7, 11) is 0. The summed E-state index contributed by atoms with van der Waals surface area (Å²) < 4.78 is 11.3. The van der Waals surface area contributed by atoms with Crippen LogP contribution in [0.1, 0.15) is 33.6 Å². The molecule has 0 bridgehead atoms. The van der Waals surface area contributed by atoms with Crippen molar-refractivity contribution in [3.63, 3.8) is 0 Å². The number of aromatic nitrogens is 2. The van der Waals surface area contributed by atoms with Gasteiger partial charge >= 0.3 is 6.09 Å². The predicted octanol–water partition coefficient (Wildman–Crippen LogP) is 4.69. The van der Waals surface area contributed by atoms with Crippen molar-refractivity contribution >= 4 is 17.7 Å². The highest BCUT2D eigenvalue weighted by atomic mass is 16.6. The molecule has 1 aliphatic rings. The molecule has 1 aromatic heterocycles. The van der Waals surface area contributed by atoms with E-state index in [4.69, 9.17) is 15.2 Å². The fourth-order valence-corrected chi connectivity index (χ4v) is 3.99. The third-order valence-electron chi connectivity index (χ3n) is 5.93. The lowest BCUT2D eigenvalue weighted by molar-refractivity contribution is -0.0245. The molecule has 3 aromatic rings. The Balaban J connectivity index is 1.41. The highest BCUT2D eigenvalue weighted by Crippen LogP contribution is 2.33. The standard InChI is InChI=1S/C27H33N5O4/c1-26(2,3)36-25(33)32-15-13-27(34,14-16-32)17-29-24-22(23(28)30-18-31-24)19-9-11-21(12-10-19)35-20-7-5-4-6-8-20/h4-12,18,34H,13-17H2,1-3H3,(H3,28,29,30,31). The Kier molecular flexibility index (Phi) is 7.30. The van der Waals surface area contributed by atoms with Gasteiger partial charge in [0.15, 0.2) is 0 Å². The minimum absolute atomic E-state index is 0.258. The van der Waals surface area contributed by atoms with Crippen molar-refractivity contribution < 1.29 is 19.4 Å². The summed E-state index contributed by atoms with van der Waals surface area (Å²) in [6.07, 6.45) is 1.87. The van der Waals surface area contributed by atoms with Crippen LogP contribution in [-0.4, -0.2) is 56.9 Å². The molecule has 1 saturated heterocycles. The molecular weight excluding hydrogens is 458 g/mol. The molecule has 2 aromatic carbocycles. The zero-order chi connectivity index (χ0) is 25.8. The maximum absolute atomic E-state index is 12.3. The summed E-state index contributed by atoms with van der Waals surface area (Å²) in [6.45, 7) is 6.59. The number of carbonyl (C=O) groups is 1. The number of hydrogen-bond donors (Lipinski definition) is 3. The molecule has 36 heavy (non-hydrogen) atoms. The van der Waals surface area contributed by atoms with Crippen LogP contribution < -0.4 is 15.8 Å². The quantitative estimate of drug-likeness (QED) is 0.454. The van der Waals surface area contributed by atoms with Gasteiger partial charge in [0, 0.05) is 19.6 Å². The van der Waals surface area contributed by atoms with Gasteiger partial charge in [0.25, 0.3) is 0 Å². The molecule has 0 aliphatic carbocycles. The van der Waals surface area contributed by atoms with E-state index in [-0.39, 0.29) is 12.6 Å². The van der Waals surface area contributed by atoms with Gasteiger partial charge in [-0.1, -0.05) is 30.3 Å². The number of ether oxygens (including phenoxy) is 2. The van der Waals surface area contributed by atoms with Crippen molar-refractivity contribution in [2.75, 3.05) is 30.7 Å². The lowest BCUT2D eigenvalue weighted by Crippen LogP contribution is -2.50. The van der Waals surface area contributed by atoms with E-state index in [0.717, 1.165) is 11.3 Å². The summed E-state index contributed by atoms with van der Waals surface area (Å²) in [4.78, 5) is 22.5. The SMILES string of the molecule is CC(C)(C)OC(=O)N1CCC(O)(CNc2ncnc(N)c2-c2ccc(Oc3ccccc3)cc2)CC1. The molecular formula is C27H33N5O4. The van der Waals surface area contributed by atoms with Crippen molar-refractivity contribution in [1.29, 1.82) is 0 Å². The number of aliphatic hydroxyl groups is 1. The van der Waals surface area contributed by atoms with Gasteiger partial charge in [0.1, 0.15) is 35.1 Å². The number of likely N-dealkylation sites (tertiary alicyclic amines) is 1. The summed E-state index contributed by atoms with van der Waals surface area (Å²) in [5.41, 5.74) is 6.14. The lowest BCUT2D eigenvalue weighted by atomic mass is 9.91. The number of anilines is 2. The number of nitrogens with two attached hydrogens (primary N) is 1. The van der Waals surface area contributed by atoms with Crippen LogP contribution in [0, 0.1) is 0 Å². The molecule has 0 unspecified atom stereocenters. The second-order valence-corrected chi connectivity index (χ2v) is 9.97. The van der Waals surface area contributed by atoms with Crippen molar-refractivity contribution in [2.45, 2.75) is 44.8 Å². The summed E-state index contributed by atoms with van der Waals surface area (Å²) in [5, 5.41) is 14.4. The number of rotatable bonds is 6. The molecule has 0 saturated carbocycles. The maximum Gasteiger partial charge on any atom is 0.410 e. The molecule has 1 amide bonds. The number of carbonyl (C=O) groups excluding carboxylic acids is 1. The first-order chi connectivity index (χ1) is 17.1. The third kappa shape index (κ3) is 6.42. The first kappa shape index (κ1) is 25.2. The van der Waals surface area contributed by atoms with E-state index < -0.39 is 11.2 Å². The van der Waals surface area contributed by atoms with Crippen molar-refractivity contribution in [1.82, 2.24) is 14.9 Å². The molecule has 4 rings (SSSR count). The van der Waals surface area contributed by atoms with Gasteiger partial charge in [-0.25, -0.2) is 14.8 Å². The topological polar surface area (TPSA) is 123 Å². The highest BCUT2D eigenvalue weighted by Gasteiger charge is 2.35. The Bertz CT molecular complexity index is 1170. The lowest BCUT2D eigenvalue weighted by Gasteiger charge is -2.38. The molecule has 1 aliphatic heterocycles. The minimum atomic E-state index is -0.997. The number of amides is 1. The van der Waals surface area contributed by atoms with Crippen LogP contribution in [0.5, 0.6) is 11.5 Å². The van der Waals surface area contributed by atoms with Crippen LogP contribution in [-0.2, 0) is 4.74 Å². The fourth-order valence-electron chi connectivity index (χ4n) is 3.99. The smallest absolute Gasteiger partial charge is 0.410 e. The van der Waals surface area contributed by atoms with E-state index in [1.54, 1.807) is 4.90 Å². The predicted molar refractivity (Wildman–Crippen MR) is 139 cm³/mol. The van der Waals surface area contributed by atoms with Crippen molar-refractivity contribution in [3.8, 4) is 22.6 Å². The van der Waals surface area contributed by atoms with Gasteiger partial charge in [0.2, 0.25) is 0 Å². The number of hydrogen-bond acceptors (Lipinski definition) is 8. The van der Waals surface area contributed by atoms with E-state index in [9.17, 15) is 9.90 Å². The van der Waals surface area contributed by atoms with Crippen LogP contribution >= 0.6 is 0 Å². The van der Waals surface area contributed by atoms with Crippen molar-refractivity contribution in [3.05, 3.63) is 60.9 Å². The maximum atomic E-state index is 12.3. The van der Waals surface area contributed by atoms with Gasteiger partial charge < -0.3 is 30.5 Å². The molecule has 0 radical (unpaired) electrons. The molecule has 4 N–H and O–H groups in total. The van der Waals surface area contributed by atoms with Gasteiger partial charge in [-0.05, 0) is 63.4 Å². The Morgan fingerprint density at radius 3 is 2.33 bits per heavy atom. The minimum Gasteiger partial charge on any atom is -0.457 e. The zero-order valence-corrected chi connectivity index (χ0v) is 20.9. The summed E-state index contributed by atoms with van der Waals surface area (Å²) >= 11 is 0. The molecule has 9 nitrogen and oxygen atoms in total. The third-order valence-corrected chi connectivity index (χ3v) is 5.93. The number of benzene rings is 2. The van der Waals surface area contributed by atoms with Gasteiger partial charge in [-0.3, -0.25) is 0 Å². The van der Waals surface area contributed by atoms with Gasteiger partial charge in [-0.15, -0.1) is 0 Å². The average molecular weight is 492 g/mol. The number of para-hydroxylation sites is 1. The number of piperidine rings is 1. The van der Waals surface area contributed by atoms with E-state index in [1.807, 2.05) is 75.4 Å². The van der Waals surface area contributed by atoms with E-state index in [1.165, 1.54) is 6.33 Å². The second kappa shape index (κ2) is 10.4. The Hall–Kier alpha value is -3.85. The summed E-state index contributed by atoms with van der Waals surface area (Å²) in [6, 6.07) is 17.1. The Morgan fingerprint density at radius 2 is 1.69 bits per heavy atom. The normalized spacial score (nSPS) is 15.3. The van der Waals surface area contributed by atoms with Gasteiger partial charge in [0.05, 0.1) is 11.2 Å². The molecule has 0 spiro atoms. The highest BCUT2D eigenvalue weighted by molar-refractivity contribution is 5.83. The van der Waals surface area contributed by atoms with Crippen LogP contribution in [0.15, 0.2) is 60.9 Å². The summed E-state index contributed by atoms with van der Waals surface area (Å²) in [5.74, 6) is 2.31. The Labute approximate surface area is 211 Å². The molecule has 190 valence electrons. The Morgan fingerprint density at radius 1 is 1.06 bits per heavy atom. The van der Waals surface area contributed by atoms with E-state index >= 15 is 0 Å². The number of nitrogens with zero attached hydrogens (tertiary/aromatic N) is 3. The fraction of sp³-hybridized carbons (Fsp3) is 0.370.